The SMILES string of the molecule is CCc1nn(C)cc1CNCc1ccc(Cl)cc1. The number of rotatable bonds is 5. The average molecular weight is 264 g/mol. The smallest absolute Gasteiger partial charge is 0.0666 e. The first-order chi connectivity index (χ1) is 8.69. The van der Waals surface area contributed by atoms with Crippen LogP contribution >= 0.6 is 11.6 Å². The van der Waals surface area contributed by atoms with Crippen LogP contribution in [-0.4, -0.2) is 9.78 Å². The van der Waals surface area contributed by atoms with Gasteiger partial charge < -0.3 is 5.32 Å². The van der Waals surface area contributed by atoms with E-state index in [-0.39, 0.29) is 0 Å². The van der Waals surface area contributed by atoms with Crippen LogP contribution in [0.4, 0.5) is 0 Å². The molecule has 0 amide bonds. The van der Waals surface area contributed by atoms with Crippen LogP contribution in [0.15, 0.2) is 30.5 Å². The fraction of sp³-hybridized carbons (Fsp3) is 0.357. The van der Waals surface area contributed by atoms with Gasteiger partial charge in [0.2, 0.25) is 0 Å². The molecule has 0 unspecified atom stereocenters. The van der Waals surface area contributed by atoms with Gasteiger partial charge in [0.25, 0.3) is 0 Å². The first-order valence-electron chi connectivity index (χ1n) is 6.15. The van der Waals surface area contributed by atoms with Crippen molar-refractivity contribution in [2.75, 3.05) is 0 Å². The van der Waals surface area contributed by atoms with E-state index in [1.165, 1.54) is 16.8 Å². The predicted octanol–water partition coefficient (Wildman–Crippen LogP) is 2.93. The molecule has 0 atom stereocenters. The van der Waals surface area contributed by atoms with Gasteiger partial charge in [-0.25, -0.2) is 0 Å². The highest BCUT2D eigenvalue weighted by Gasteiger charge is 2.04. The summed E-state index contributed by atoms with van der Waals surface area (Å²) in [4.78, 5) is 0. The van der Waals surface area contributed by atoms with Gasteiger partial charge in [-0.05, 0) is 24.1 Å². The lowest BCUT2D eigenvalue weighted by atomic mass is 10.2. The number of nitrogens with zero attached hydrogens (tertiary/aromatic N) is 2. The molecule has 0 bridgehead atoms. The van der Waals surface area contributed by atoms with Crippen LogP contribution in [0.1, 0.15) is 23.7 Å². The molecule has 0 spiro atoms. The molecule has 0 fully saturated rings. The van der Waals surface area contributed by atoms with Crippen molar-refractivity contribution in [1.82, 2.24) is 15.1 Å². The first kappa shape index (κ1) is 13.1. The van der Waals surface area contributed by atoms with Crippen molar-refractivity contribution in [3.63, 3.8) is 0 Å². The van der Waals surface area contributed by atoms with Gasteiger partial charge in [-0.15, -0.1) is 0 Å². The minimum atomic E-state index is 0.777. The Labute approximate surface area is 113 Å². The van der Waals surface area contributed by atoms with Gasteiger partial charge in [0.15, 0.2) is 0 Å². The Morgan fingerprint density at radius 1 is 1.22 bits per heavy atom. The van der Waals surface area contributed by atoms with E-state index in [0.29, 0.717) is 0 Å². The van der Waals surface area contributed by atoms with Gasteiger partial charge in [0, 0.05) is 36.9 Å². The number of aryl methyl sites for hydroxylation is 2. The van der Waals surface area contributed by atoms with Crippen molar-refractivity contribution in [3.05, 3.63) is 52.3 Å². The fourth-order valence-electron chi connectivity index (χ4n) is 1.97. The highest BCUT2D eigenvalue weighted by Crippen LogP contribution is 2.10. The summed E-state index contributed by atoms with van der Waals surface area (Å²) in [5, 5.41) is 8.63. The number of aromatic nitrogens is 2. The third-order valence-corrected chi connectivity index (χ3v) is 3.14. The van der Waals surface area contributed by atoms with Crippen molar-refractivity contribution in [3.8, 4) is 0 Å². The van der Waals surface area contributed by atoms with Crippen LogP contribution in [0.3, 0.4) is 0 Å². The molecule has 2 rings (SSSR count). The predicted molar refractivity (Wildman–Crippen MR) is 74.6 cm³/mol. The maximum atomic E-state index is 5.85. The lowest BCUT2D eigenvalue weighted by molar-refractivity contribution is 0.688. The largest absolute Gasteiger partial charge is 0.308 e. The normalized spacial score (nSPS) is 10.8. The third-order valence-electron chi connectivity index (χ3n) is 2.88. The number of benzene rings is 1. The Kier molecular flexibility index (Phi) is 4.39. The summed E-state index contributed by atoms with van der Waals surface area (Å²) in [6.07, 6.45) is 3.05. The molecule has 1 heterocycles. The monoisotopic (exact) mass is 263 g/mol. The van der Waals surface area contributed by atoms with E-state index in [1.54, 1.807) is 0 Å². The molecule has 2 aromatic rings. The van der Waals surface area contributed by atoms with Crippen LogP contribution in [0, 0.1) is 0 Å². The Morgan fingerprint density at radius 2 is 1.94 bits per heavy atom. The average Bonchev–Trinajstić information content (AvgIpc) is 2.72. The summed E-state index contributed by atoms with van der Waals surface area (Å²) in [5.74, 6) is 0. The second kappa shape index (κ2) is 6.03. The number of nitrogens with one attached hydrogen (secondary N) is 1. The third kappa shape index (κ3) is 3.34. The van der Waals surface area contributed by atoms with Crippen molar-refractivity contribution in [2.24, 2.45) is 7.05 Å². The Bertz CT molecular complexity index is 502. The van der Waals surface area contributed by atoms with Gasteiger partial charge in [0.1, 0.15) is 0 Å². The quantitative estimate of drug-likeness (QED) is 0.899. The summed E-state index contributed by atoms with van der Waals surface area (Å²) >= 11 is 5.85. The molecule has 0 aliphatic carbocycles. The molecular formula is C14H18ClN3. The summed E-state index contributed by atoms with van der Waals surface area (Å²) in [7, 11) is 1.96. The van der Waals surface area contributed by atoms with Crippen LogP contribution < -0.4 is 5.32 Å². The van der Waals surface area contributed by atoms with E-state index in [0.717, 1.165) is 24.5 Å². The number of hydrogen-bond donors (Lipinski definition) is 1. The lowest BCUT2D eigenvalue weighted by Crippen LogP contribution is -2.13. The molecule has 18 heavy (non-hydrogen) atoms. The number of hydrogen-bond acceptors (Lipinski definition) is 2. The maximum absolute atomic E-state index is 5.85. The topological polar surface area (TPSA) is 29.9 Å². The Balaban J connectivity index is 1.90. The van der Waals surface area contributed by atoms with Gasteiger partial charge in [-0.3, -0.25) is 4.68 Å². The zero-order valence-electron chi connectivity index (χ0n) is 10.8. The van der Waals surface area contributed by atoms with Crippen LogP contribution in [0.25, 0.3) is 0 Å². The molecule has 0 radical (unpaired) electrons. The van der Waals surface area contributed by atoms with Crippen molar-refractivity contribution in [1.29, 1.82) is 0 Å². The first-order valence-corrected chi connectivity index (χ1v) is 6.53. The van der Waals surface area contributed by atoms with Gasteiger partial charge >= 0.3 is 0 Å². The highest BCUT2D eigenvalue weighted by atomic mass is 35.5. The molecule has 0 saturated carbocycles. The van der Waals surface area contributed by atoms with E-state index >= 15 is 0 Å². The summed E-state index contributed by atoms with van der Waals surface area (Å²) in [6, 6.07) is 7.92. The van der Waals surface area contributed by atoms with E-state index < -0.39 is 0 Å². The van der Waals surface area contributed by atoms with Crippen molar-refractivity contribution >= 4 is 11.6 Å². The second-order valence-corrected chi connectivity index (χ2v) is 4.79. The molecule has 0 aliphatic rings. The minimum Gasteiger partial charge on any atom is -0.308 e. The highest BCUT2D eigenvalue weighted by molar-refractivity contribution is 6.30. The standard InChI is InChI=1S/C14H18ClN3/c1-3-14-12(10-18(2)17-14)9-16-8-11-4-6-13(15)7-5-11/h4-7,10,16H,3,8-9H2,1-2H3. The van der Waals surface area contributed by atoms with Gasteiger partial charge in [0.05, 0.1) is 5.69 Å². The minimum absolute atomic E-state index is 0.777. The fourth-order valence-corrected chi connectivity index (χ4v) is 2.10. The molecule has 0 aliphatic heterocycles. The zero-order valence-corrected chi connectivity index (χ0v) is 11.5. The Hall–Kier alpha value is -1.32. The van der Waals surface area contributed by atoms with Crippen LogP contribution in [-0.2, 0) is 26.6 Å². The van der Waals surface area contributed by atoms with E-state index in [2.05, 4.69) is 23.5 Å². The van der Waals surface area contributed by atoms with Crippen LogP contribution in [0.5, 0.6) is 0 Å². The number of halogens is 1. The molecular weight excluding hydrogens is 246 g/mol. The Morgan fingerprint density at radius 3 is 2.61 bits per heavy atom. The van der Waals surface area contributed by atoms with E-state index in [4.69, 9.17) is 11.6 Å². The van der Waals surface area contributed by atoms with Crippen molar-refractivity contribution < 1.29 is 0 Å². The summed E-state index contributed by atoms with van der Waals surface area (Å²) < 4.78 is 1.87. The maximum Gasteiger partial charge on any atom is 0.0666 e. The zero-order chi connectivity index (χ0) is 13.0. The molecule has 1 aromatic heterocycles. The summed E-state index contributed by atoms with van der Waals surface area (Å²) in [5.41, 5.74) is 3.68. The molecule has 1 N–H and O–H groups in total. The second-order valence-electron chi connectivity index (χ2n) is 4.36. The molecule has 1 aromatic carbocycles. The van der Waals surface area contributed by atoms with E-state index in [9.17, 15) is 0 Å². The van der Waals surface area contributed by atoms with Crippen molar-refractivity contribution in [2.45, 2.75) is 26.4 Å². The van der Waals surface area contributed by atoms with E-state index in [1.807, 2.05) is 36.0 Å². The van der Waals surface area contributed by atoms with Gasteiger partial charge in [-0.2, -0.15) is 5.10 Å². The summed E-state index contributed by atoms with van der Waals surface area (Å²) in [6.45, 7) is 3.82. The molecule has 3 nitrogen and oxygen atoms in total. The van der Waals surface area contributed by atoms with Crippen LogP contribution in [0.2, 0.25) is 5.02 Å². The molecule has 4 heteroatoms. The lowest BCUT2D eigenvalue weighted by Gasteiger charge is -2.04. The van der Waals surface area contributed by atoms with Gasteiger partial charge in [-0.1, -0.05) is 30.7 Å². The molecule has 0 saturated heterocycles. The molecule has 96 valence electrons.